The van der Waals surface area contributed by atoms with Crippen molar-refractivity contribution in [2.45, 2.75) is 12.8 Å². The molecule has 0 aliphatic rings. The first-order valence-electron chi connectivity index (χ1n) is 9.71. The lowest BCUT2D eigenvalue weighted by Gasteiger charge is -2.17. The Balaban J connectivity index is 1.68. The third-order valence-corrected chi connectivity index (χ3v) is 5.01. The van der Waals surface area contributed by atoms with E-state index in [4.69, 9.17) is 16.2 Å². The zero-order valence-electron chi connectivity index (χ0n) is 16.2. The molecule has 4 aromatic rings. The van der Waals surface area contributed by atoms with Crippen LogP contribution >= 0.6 is 0 Å². The highest BCUT2D eigenvalue weighted by Crippen LogP contribution is 2.35. The molecular weight excluding hydrogens is 356 g/mol. The summed E-state index contributed by atoms with van der Waals surface area (Å²) in [6, 6.07) is 32.1. The third-order valence-electron chi connectivity index (χ3n) is 5.01. The van der Waals surface area contributed by atoms with Crippen LogP contribution in [0.25, 0.3) is 0 Å². The molecule has 0 amide bonds. The largest absolute Gasteiger partial charge is 0.457 e. The van der Waals surface area contributed by atoms with E-state index in [1.807, 2.05) is 72.8 Å². The Morgan fingerprint density at radius 1 is 0.483 bits per heavy atom. The summed E-state index contributed by atoms with van der Waals surface area (Å²) >= 11 is 0. The molecule has 0 atom stereocenters. The summed E-state index contributed by atoms with van der Waals surface area (Å²) < 4.78 is 6.39. The summed E-state index contributed by atoms with van der Waals surface area (Å²) in [6.45, 7) is 0. The molecule has 0 radical (unpaired) electrons. The number of hydrogen-bond donors (Lipinski definition) is 2. The van der Waals surface area contributed by atoms with Gasteiger partial charge in [0.25, 0.3) is 0 Å². The lowest BCUT2D eigenvalue weighted by atomic mass is 10.0. The maximum absolute atomic E-state index is 6.39. The second-order valence-electron chi connectivity index (χ2n) is 7.07. The molecule has 0 bridgehead atoms. The second kappa shape index (κ2) is 8.53. The van der Waals surface area contributed by atoms with E-state index in [0.717, 1.165) is 34.0 Å². The van der Waals surface area contributed by atoms with E-state index in [1.165, 1.54) is 11.1 Å². The van der Waals surface area contributed by atoms with Gasteiger partial charge in [-0.25, -0.2) is 0 Å². The van der Waals surface area contributed by atoms with Crippen molar-refractivity contribution in [3.05, 3.63) is 119 Å². The van der Waals surface area contributed by atoms with Gasteiger partial charge in [-0.3, -0.25) is 0 Å². The summed E-state index contributed by atoms with van der Waals surface area (Å²) in [4.78, 5) is 0. The minimum absolute atomic E-state index is 0.708. The number of ether oxygens (including phenoxy) is 1. The average Bonchev–Trinajstić information content (AvgIpc) is 2.74. The van der Waals surface area contributed by atoms with E-state index in [1.54, 1.807) is 0 Å². The molecule has 0 saturated carbocycles. The fourth-order valence-electron chi connectivity index (χ4n) is 3.45. The second-order valence-corrected chi connectivity index (χ2v) is 7.07. The molecule has 4 aromatic carbocycles. The standard InChI is InChI=1S/C26H24N2O/c27-23-13-7-15-25(21(23)17-19-9-3-1-4-10-19)29-26-16-8-14-24(28)22(26)18-20-11-5-2-6-12-20/h1-16H,17-18,27-28H2. The number of benzene rings is 4. The van der Waals surface area contributed by atoms with Gasteiger partial charge in [-0.2, -0.15) is 0 Å². The summed E-state index contributed by atoms with van der Waals surface area (Å²) in [5.74, 6) is 1.52. The Labute approximate surface area is 171 Å². The Kier molecular flexibility index (Phi) is 5.48. The van der Waals surface area contributed by atoms with Gasteiger partial charge in [0.2, 0.25) is 0 Å². The Morgan fingerprint density at radius 2 is 0.897 bits per heavy atom. The van der Waals surface area contributed by atoms with Crippen LogP contribution in [0, 0.1) is 0 Å². The minimum Gasteiger partial charge on any atom is -0.457 e. The minimum atomic E-state index is 0.708. The average molecular weight is 380 g/mol. The third kappa shape index (κ3) is 4.41. The molecule has 29 heavy (non-hydrogen) atoms. The Morgan fingerprint density at radius 3 is 1.31 bits per heavy atom. The lowest BCUT2D eigenvalue weighted by molar-refractivity contribution is 0.473. The van der Waals surface area contributed by atoms with Crippen LogP contribution < -0.4 is 16.2 Å². The van der Waals surface area contributed by atoms with E-state index in [0.29, 0.717) is 12.8 Å². The van der Waals surface area contributed by atoms with Gasteiger partial charge in [0.15, 0.2) is 0 Å². The van der Waals surface area contributed by atoms with Gasteiger partial charge in [-0.05, 0) is 35.4 Å². The predicted molar refractivity (Wildman–Crippen MR) is 120 cm³/mol. The molecule has 0 heterocycles. The van der Waals surface area contributed by atoms with Crippen LogP contribution in [-0.2, 0) is 12.8 Å². The van der Waals surface area contributed by atoms with Crippen molar-refractivity contribution in [1.29, 1.82) is 0 Å². The van der Waals surface area contributed by atoms with Crippen LogP contribution in [0.5, 0.6) is 11.5 Å². The highest BCUT2D eigenvalue weighted by Gasteiger charge is 2.14. The number of nitrogens with two attached hydrogens (primary N) is 2. The van der Waals surface area contributed by atoms with Crippen LogP contribution in [0.3, 0.4) is 0 Å². The topological polar surface area (TPSA) is 61.3 Å². The molecule has 3 nitrogen and oxygen atoms in total. The van der Waals surface area contributed by atoms with E-state index in [-0.39, 0.29) is 0 Å². The maximum atomic E-state index is 6.39. The highest BCUT2D eigenvalue weighted by molar-refractivity contribution is 5.60. The molecule has 4 N–H and O–H groups in total. The molecule has 0 aromatic heterocycles. The van der Waals surface area contributed by atoms with E-state index >= 15 is 0 Å². The van der Waals surface area contributed by atoms with E-state index in [9.17, 15) is 0 Å². The van der Waals surface area contributed by atoms with Gasteiger partial charge < -0.3 is 16.2 Å². The zero-order valence-corrected chi connectivity index (χ0v) is 16.2. The lowest BCUT2D eigenvalue weighted by Crippen LogP contribution is -2.02. The number of anilines is 2. The van der Waals surface area contributed by atoms with Crippen molar-refractivity contribution in [2.24, 2.45) is 0 Å². The molecule has 0 aliphatic heterocycles. The fourth-order valence-corrected chi connectivity index (χ4v) is 3.45. The van der Waals surface area contributed by atoms with Crippen molar-refractivity contribution in [1.82, 2.24) is 0 Å². The van der Waals surface area contributed by atoms with Crippen LogP contribution in [0.4, 0.5) is 11.4 Å². The Hall–Kier alpha value is -3.72. The molecule has 0 aliphatic carbocycles. The van der Waals surface area contributed by atoms with E-state index < -0.39 is 0 Å². The molecule has 0 saturated heterocycles. The summed E-state index contributed by atoms with van der Waals surface area (Å²) in [6.07, 6.45) is 1.42. The predicted octanol–water partition coefficient (Wildman–Crippen LogP) is 5.82. The molecule has 0 unspecified atom stereocenters. The summed E-state index contributed by atoms with van der Waals surface area (Å²) in [5.41, 5.74) is 18.4. The number of hydrogen-bond acceptors (Lipinski definition) is 3. The zero-order chi connectivity index (χ0) is 20.1. The van der Waals surface area contributed by atoms with Crippen molar-refractivity contribution in [3.63, 3.8) is 0 Å². The van der Waals surface area contributed by atoms with Crippen molar-refractivity contribution in [3.8, 4) is 11.5 Å². The van der Waals surface area contributed by atoms with Crippen molar-refractivity contribution >= 4 is 11.4 Å². The first-order chi connectivity index (χ1) is 14.2. The smallest absolute Gasteiger partial charge is 0.133 e. The van der Waals surface area contributed by atoms with Crippen LogP contribution in [-0.4, -0.2) is 0 Å². The van der Waals surface area contributed by atoms with Gasteiger partial charge in [-0.15, -0.1) is 0 Å². The fraction of sp³-hybridized carbons (Fsp3) is 0.0769. The first-order valence-corrected chi connectivity index (χ1v) is 9.71. The quantitative estimate of drug-likeness (QED) is 0.414. The summed E-state index contributed by atoms with van der Waals surface area (Å²) in [7, 11) is 0. The van der Waals surface area contributed by atoms with Crippen molar-refractivity contribution < 1.29 is 4.74 Å². The normalized spacial score (nSPS) is 10.6. The molecule has 0 fully saturated rings. The van der Waals surface area contributed by atoms with E-state index in [2.05, 4.69) is 24.3 Å². The molecular formula is C26H24N2O. The first kappa shape index (κ1) is 18.6. The number of rotatable bonds is 6. The molecule has 0 spiro atoms. The maximum Gasteiger partial charge on any atom is 0.133 e. The van der Waals surface area contributed by atoms with Gasteiger partial charge >= 0.3 is 0 Å². The van der Waals surface area contributed by atoms with Crippen LogP contribution in [0.1, 0.15) is 22.3 Å². The van der Waals surface area contributed by atoms with Crippen LogP contribution in [0.2, 0.25) is 0 Å². The number of nitrogen functional groups attached to an aromatic ring is 2. The van der Waals surface area contributed by atoms with Crippen molar-refractivity contribution in [2.75, 3.05) is 11.5 Å². The van der Waals surface area contributed by atoms with Gasteiger partial charge in [0.1, 0.15) is 11.5 Å². The molecule has 4 rings (SSSR count). The SMILES string of the molecule is Nc1cccc(Oc2cccc(N)c2Cc2ccccc2)c1Cc1ccccc1. The monoisotopic (exact) mass is 380 g/mol. The van der Waals surface area contributed by atoms with Gasteiger partial charge in [-0.1, -0.05) is 72.8 Å². The highest BCUT2D eigenvalue weighted by atomic mass is 16.5. The Bertz CT molecular complexity index is 1000. The van der Waals surface area contributed by atoms with Crippen LogP contribution in [0.15, 0.2) is 97.1 Å². The molecule has 3 heteroatoms. The summed E-state index contributed by atoms with van der Waals surface area (Å²) in [5, 5.41) is 0. The van der Waals surface area contributed by atoms with Gasteiger partial charge in [0.05, 0.1) is 0 Å². The van der Waals surface area contributed by atoms with Gasteiger partial charge in [0, 0.05) is 35.3 Å². The molecule has 144 valence electrons.